The van der Waals surface area contributed by atoms with E-state index in [2.05, 4.69) is 36.6 Å². The van der Waals surface area contributed by atoms with E-state index in [0.29, 0.717) is 11.0 Å². The van der Waals surface area contributed by atoms with E-state index in [1.165, 1.54) is 5.56 Å². The van der Waals surface area contributed by atoms with Gasteiger partial charge in [-0.1, -0.05) is 26.0 Å². The Morgan fingerprint density at radius 2 is 1.38 bits per heavy atom. The molecular weight excluding hydrogens is 280 g/mol. The molecule has 0 fully saturated rings. The molecule has 0 atom stereocenters. The average molecular weight is 300 g/mol. The molecule has 0 unspecified atom stereocenters. The van der Waals surface area contributed by atoms with Crippen LogP contribution in [0.3, 0.4) is 0 Å². The van der Waals surface area contributed by atoms with Crippen LogP contribution in [-0.2, 0) is 0 Å². The van der Waals surface area contributed by atoms with Crippen molar-refractivity contribution in [1.82, 2.24) is 0 Å². The van der Waals surface area contributed by atoms with Crippen LogP contribution in [0.2, 0.25) is 0 Å². The van der Waals surface area contributed by atoms with Gasteiger partial charge in [0.1, 0.15) is 5.75 Å². The van der Waals surface area contributed by atoms with Crippen LogP contribution >= 0.6 is 12.2 Å². The second-order valence-electron chi connectivity index (χ2n) is 5.08. The fourth-order valence-electron chi connectivity index (χ4n) is 1.92. The molecule has 0 spiro atoms. The number of anilines is 2. The molecule has 0 saturated carbocycles. The van der Waals surface area contributed by atoms with Crippen LogP contribution in [-0.4, -0.2) is 12.2 Å². The molecule has 110 valence electrons. The summed E-state index contributed by atoms with van der Waals surface area (Å²) in [5, 5.41) is 6.89. The van der Waals surface area contributed by atoms with Crippen LogP contribution < -0.4 is 15.4 Å². The van der Waals surface area contributed by atoms with Crippen LogP contribution in [0.1, 0.15) is 25.3 Å². The van der Waals surface area contributed by atoms with E-state index in [-0.39, 0.29) is 0 Å². The molecule has 2 N–H and O–H groups in total. The Bertz CT molecular complexity index is 591. The highest BCUT2D eigenvalue weighted by atomic mass is 32.1. The second kappa shape index (κ2) is 7.09. The van der Waals surface area contributed by atoms with E-state index in [1.54, 1.807) is 7.11 Å². The van der Waals surface area contributed by atoms with Crippen molar-refractivity contribution >= 4 is 28.7 Å². The molecule has 0 aliphatic heterocycles. The highest BCUT2D eigenvalue weighted by Crippen LogP contribution is 2.18. The lowest BCUT2D eigenvalue weighted by atomic mass is 10.0. The lowest BCUT2D eigenvalue weighted by Gasteiger charge is -2.12. The average Bonchev–Trinajstić information content (AvgIpc) is 2.48. The minimum atomic E-state index is 0.531. The highest BCUT2D eigenvalue weighted by molar-refractivity contribution is 7.80. The maximum absolute atomic E-state index is 5.31. The molecule has 21 heavy (non-hydrogen) atoms. The second-order valence-corrected chi connectivity index (χ2v) is 5.49. The minimum absolute atomic E-state index is 0.531. The maximum atomic E-state index is 5.31. The van der Waals surface area contributed by atoms with Crippen molar-refractivity contribution in [3.05, 3.63) is 54.1 Å². The third-order valence-corrected chi connectivity index (χ3v) is 3.39. The van der Waals surface area contributed by atoms with Gasteiger partial charge in [-0.15, -0.1) is 0 Å². The number of hydrogen-bond donors (Lipinski definition) is 2. The molecule has 0 aliphatic carbocycles. The van der Waals surface area contributed by atoms with Crippen LogP contribution in [0.4, 0.5) is 11.4 Å². The normalized spacial score (nSPS) is 10.3. The molecule has 0 radical (unpaired) electrons. The number of nitrogens with one attached hydrogen (secondary N) is 2. The van der Waals surface area contributed by atoms with Gasteiger partial charge in [0.05, 0.1) is 7.11 Å². The molecular formula is C17H20N2OS. The van der Waals surface area contributed by atoms with E-state index in [9.17, 15) is 0 Å². The molecule has 3 nitrogen and oxygen atoms in total. The van der Waals surface area contributed by atoms with Crippen molar-refractivity contribution in [1.29, 1.82) is 0 Å². The molecule has 0 aromatic heterocycles. The predicted molar refractivity (Wildman–Crippen MR) is 93.4 cm³/mol. The highest BCUT2D eigenvalue weighted by Gasteiger charge is 2.01. The molecule has 2 aromatic rings. The first kappa shape index (κ1) is 15.3. The third kappa shape index (κ3) is 4.46. The van der Waals surface area contributed by atoms with E-state index < -0.39 is 0 Å². The number of methoxy groups -OCH3 is 1. The van der Waals surface area contributed by atoms with E-state index in [1.807, 2.05) is 36.4 Å². The SMILES string of the molecule is COc1ccc(NC(=S)Nc2ccc(C(C)C)cc2)cc1. The molecule has 2 rings (SSSR count). The Hall–Kier alpha value is -2.07. The van der Waals surface area contributed by atoms with Crippen LogP contribution in [0.5, 0.6) is 5.75 Å². The van der Waals surface area contributed by atoms with E-state index in [4.69, 9.17) is 17.0 Å². The molecule has 0 heterocycles. The Morgan fingerprint density at radius 3 is 1.81 bits per heavy atom. The number of hydrogen-bond acceptors (Lipinski definition) is 2. The van der Waals surface area contributed by atoms with E-state index in [0.717, 1.165) is 17.1 Å². The summed E-state index contributed by atoms with van der Waals surface area (Å²) in [4.78, 5) is 0. The minimum Gasteiger partial charge on any atom is -0.497 e. The van der Waals surface area contributed by atoms with Gasteiger partial charge in [0, 0.05) is 11.4 Å². The van der Waals surface area contributed by atoms with Gasteiger partial charge in [0.15, 0.2) is 5.11 Å². The van der Waals surface area contributed by atoms with Gasteiger partial charge < -0.3 is 15.4 Å². The zero-order valence-corrected chi connectivity index (χ0v) is 13.3. The standard InChI is InChI=1S/C17H20N2OS/c1-12(2)13-4-6-14(7-5-13)18-17(21)19-15-8-10-16(20-3)11-9-15/h4-12H,1-3H3,(H2,18,19,21). The predicted octanol–water partition coefficient (Wildman–Crippen LogP) is 4.63. The quantitative estimate of drug-likeness (QED) is 0.807. The summed E-state index contributed by atoms with van der Waals surface area (Å²) in [6.45, 7) is 4.36. The summed E-state index contributed by atoms with van der Waals surface area (Å²) in [5.74, 6) is 1.35. The van der Waals surface area contributed by atoms with Gasteiger partial charge in [-0.25, -0.2) is 0 Å². The van der Waals surface area contributed by atoms with Crippen molar-refractivity contribution in [2.24, 2.45) is 0 Å². The number of ether oxygens (including phenoxy) is 1. The van der Waals surface area contributed by atoms with Gasteiger partial charge in [-0.05, 0) is 60.1 Å². The lowest BCUT2D eigenvalue weighted by Crippen LogP contribution is -2.18. The first-order valence-corrected chi connectivity index (χ1v) is 7.31. The maximum Gasteiger partial charge on any atom is 0.175 e. The smallest absolute Gasteiger partial charge is 0.175 e. The molecule has 2 aromatic carbocycles. The molecule has 4 heteroatoms. The zero-order chi connectivity index (χ0) is 15.2. The van der Waals surface area contributed by atoms with Gasteiger partial charge in [0.2, 0.25) is 0 Å². The van der Waals surface area contributed by atoms with Crippen molar-refractivity contribution in [3.8, 4) is 5.75 Å². The fourth-order valence-corrected chi connectivity index (χ4v) is 2.15. The van der Waals surface area contributed by atoms with Gasteiger partial charge >= 0.3 is 0 Å². The third-order valence-electron chi connectivity index (χ3n) is 3.18. The van der Waals surface area contributed by atoms with Crippen LogP contribution in [0, 0.1) is 0 Å². The largest absolute Gasteiger partial charge is 0.497 e. The molecule has 0 aliphatic rings. The Labute approximate surface area is 131 Å². The van der Waals surface area contributed by atoms with Crippen LogP contribution in [0.25, 0.3) is 0 Å². The van der Waals surface area contributed by atoms with Crippen LogP contribution in [0.15, 0.2) is 48.5 Å². The van der Waals surface area contributed by atoms with Gasteiger partial charge in [0.25, 0.3) is 0 Å². The Morgan fingerprint density at radius 1 is 0.905 bits per heavy atom. The number of rotatable bonds is 4. The summed E-state index contributed by atoms with van der Waals surface area (Å²) in [6, 6.07) is 15.9. The summed E-state index contributed by atoms with van der Waals surface area (Å²) >= 11 is 5.31. The lowest BCUT2D eigenvalue weighted by molar-refractivity contribution is 0.415. The summed E-state index contributed by atoms with van der Waals surface area (Å²) in [7, 11) is 1.65. The first-order chi connectivity index (χ1) is 10.1. The van der Waals surface area contributed by atoms with Gasteiger partial charge in [-0.3, -0.25) is 0 Å². The fraction of sp³-hybridized carbons (Fsp3) is 0.235. The number of benzene rings is 2. The van der Waals surface area contributed by atoms with Crippen molar-refractivity contribution in [3.63, 3.8) is 0 Å². The summed E-state index contributed by atoms with van der Waals surface area (Å²) in [6.07, 6.45) is 0. The molecule has 0 amide bonds. The van der Waals surface area contributed by atoms with Crippen molar-refractivity contribution in [2.45, 2.75) is 19.8 Å². The monoisotopic (exact) mass is 300 g/mol. The topological polar surface area (TPSA) is 33.3 Å². The summed E-state index contributed by atoms with van der Waals surface area (Å²) < 4.78 is 5.12. The summed E-state index contributed by atoms with van der Waals surface area (Å²) in [5.41, 5.74) is 3.21. The Balaban J connectivity index is 1.94. The van der Waals surface area contributed by atoms with Crippen molar-refractivity contribution in [2.75, 3.05) is 17.7 Å². The van der Waals surface area contributed by atoms with Gasteiger partial charge in [-0.2, -0.15) is 0 Å². The van der Waals surface area contributed by atoms with Crippen molar-refractivity contribution < 1.29 is 4.74 Å². The molecule has 0 bridgehead atoms. The van der Waals surface area contributed by atoms with E-state index >= 15 is 0 Å². The molecule has 0 saturated heterocycles. The zero-order valence-electron chi connectivity index (χ0n) is 12.5. The first-order valence-electron chi connectivity index (χ1n) is 6.90. The number of thiocarbonyl (C=S) groups is 1. The Kier molecular flexibility index (Phi) is 5.17.